The van der Waals surface area contributed by atoms with Gasteiger partial charge in [-0.1, -0.05) is 6.07 Å². The van der Waals surface area contributed by atoms with Gasteiger partial charge in [-0.2, -0.15) is 0 Å². The van der Waals surface area contributed by atoms with Crippen LogP contribution >= 0.6 is 0 Å². The first-order chi connectivity index (χ1) is 7.83. The Labute approximate surface area is 96.3 Å². The molecule has 1 N–H and O–H groups in total. The molecule has 0 amide bonds. The van der Waals surface area contributed by atoms with Gasteiger partial charge in [0.05, 0.1) is 0 Å². The maximum absolute atomic E-state index is 3.25. The van der Waals surface area contributed by atoms with Crippen LogP contribution in [0.3, 0.4) is 0 Å². The number of benzene rings is 1. The van der Waals surface area contributed by atoms with Gasteiger partial charge in [-0.25, -0.2) is 0 Å². The van der Waals surface area contributed by atoms with Gasteiger partial charge in [-0.15, -0.1) is 0 Å². The molecular formula is C14H18N2. The fourth-order valence-corrected chi connectivity index (χ4v) is 2.67. The molecule has 0 spiro atoms. The molecule has 0 atom stereocenters. The standard InChI is InChI=1S/C14H18N2/c1-16-8-5-11(6-9-16)12-2-3-14-13(10-12)4-7-15-14/h2-4,7,10-11,15H,5-6,8-9H2,1H3. The topological polar surface area (TPSA) is 19.0 Å². The number of H-pyrrole nitrogens is 1. The van der Waals surface area contributed by atoms with Gasteiger partial charge in [0.15, 0.2) is 0 Å². The molecular weight excluding hydrogens is 196 g/mol. The lowest BCUT2D eigenvalue weighted by Crippen LogP contribution is -2.29. The number of aromatic amines is 1. The highest BCUT2D eigenvalue weighted by Crippen LogP contribution is 2.29. The lowest BCUT2D eigenvalue weighted by atomic mass is 9.89. The minimum absolute atomic E-state index is 0.760. The second kappa shape index (κ2) is 3.95. The SMILES string of the molecule is CN1CCC(c2ccc3[nH]ccc3c2)CC1. The van der Waals surface area contributed by atoms with Crippen LogP contribution in [0.4, 0.5) is 0 Å². The van der Waals surface area contributed by atoms with E-state index in [0.29, 0.717) is 0 Å². The van der Waals surface area contributed by atoms with Crippen LogP contribution in [0.25, 0.3) is 10.9 Å². The molecule has 1 fully saturated rings. The quantitative estimate of drug-likeness (QED) is 0.773. The molecule has 1 saturated heterocycles. The molecule has 0 aliphatic carbocycles. The Bertz CT molecular complexity index is 478. The summed E-state index contributed by atoms with van der Waals surface area (Å²) in [6, 6.07) is 9.01. The molecule has 1 aliphatic rings. The average Bonchev–Trinajstić information content (AvgIpc) is 2.77. The van der Waals surface area contributed by atoms with Gasteiger partial charge in [0, 0.05) is 11.7 Å². The summed E-state index contributed by atoms with van der Waals surface area (Å²) in [7, 11) is 2.21. The van der Waals surface area contributed by atoms with Crippen LogP contribution in [0.15, 0.2) is 30.5 Å². The molecule has 0 unspecified atom stereocenters. The zero-order chi connectivity index (χ0) is 11.0. The van der Waals surface area contributed by atoms with Crippen molar-refractivity contribution in [3.63, 3.8) is 0 Å². The van der Waals surface area contributed by atoms with Gasteiger partial charge < -0.3 is 9.88 Å². The van der Waals surface area contributed by atoms with Crippen LogP contribution in [-0.2, 0) is 0 Å². The molecule has 2 heteroatoms. The Hall–Kier alpha value is -1.28. The third-order valence-corrected chi connectivity index (χ3v) is 3.77. The second-order valence-corrected chi connectivity index (χ2v) is 4.90. The Morgan fingerprint density at radius 3 is 2.81 bits per heavy atom. The number of rotatable bonds is 1. The van der Waals surface area contributed by atoms with Crippen molar-refractivity contribution in [1.82, 2.24) is 9.88 Å². The minimum atomic E-state index is 0.760. The van der Waals surface area contributed by atoms with Gasteiger partial charge in [0.2, 0.25) is 0 Å². The van der Waals surface area contributed by atoms with Gasteiger partial charge in [0.1, 0.15) is 0 Å². The number of hydrogen-bond donors (Lipinski definition) is 1. The van der Waals surface area contributed by atoms with Crippen molar-refractivity contribution in [2.24, 2.45) is 0 Å². The first-order valence-corrected chi connectivity index (χ1v) is 6.08. The minimum Gasteiger partial charge on any atom is -0.361 e. The maximum Gasteiger partial charge on any atom is 0.0454 e. The van der Waals surface area contributed by atoms with E-state index in [1.807, 2.05) is 6.20 Å². The zero-order valence-corrected chi connectivity index (χ0v) is 9.74. The van der Waals surface area contributed by atoms with Crippen LogP contribution in [0.1, 0.15) is 24.3 Å². The molecule has 84 valence electrons. The summed E-state index contributed by atoms with van der Waals surface area (Å²) >= 11 is 0. The summed E-state index contributed by atoms with van der Waals surface area (Å²) in [5.41, 5.74) is 2.76. The monoisotopic (exact) mass is 214 g/mol. The summed E-state index contributed by atoms with van der Waals surface area (Å²) in [5, 5.41) is 1.34. The van der Waals surface area contributed by atoms with Crippen LogP contribution in [0.5, 0.6) is 0 Å². The highest BCUT2D eigenvalue weighted by Gasteiger charge is 2.18. The predicted molar refractivity (Wildman–Crippen MR) is 67.8 cm³/mol. The third-order valence-electron chi connectivity index (χ3n) is 3.77. The van der Waals surface area contributed by atoms with Gasteiger partial charge in [-0.05, 0) is 68.0 Å². The summed E-state index contributed by atoms with van der Waals surface area (Å²) in [4.78, 5) is 5.67. The second-order valence-electron chi connectivity index (χ2n) is 4.90. The molecule has 2 heterocycles. The number of nitrogens with zero attached hydrogens (tertiary/aromatic N) is 1. The van der Waals surface area contributed by atoms with E-state index in [0.717, 1.165) is 5.92 Å². The van der Waals surface area contributed by atoms with E-state index >= 15 is 0 Å². The van der Waals surface area contributed by atoms with Crippen molar-refractivity contribution < 1.29 is 0 Å². The predicted octanol–water partition coefficient (Wildman–Crippen LogP) is 2.98. The lowest BCUT2D eigenvalue weighted by molar-refractivity contribution is 0.255. The maximum atomic E-state index is 3.25. The van der Waals surface area contributed by atoms with E-state index in [9.17, 15) is 0 Å². The van der Waals surface area contributed by atoms with Crippen LogP contribution in [0, 0.1) is 0 Å². The van der Waals surface area contributed by atoms with E-state index in [2.05, 4.69) is 41.2 Å². The normalized spacial score (nSPS) is 19.3. The summed E-state index contributed by atoms with van der Waals surface area (Å²) in [5.74, 6) is 0.760. The Morgan fingerprint density at radius 1 is 1.19 bits per heavy atom. The largest absolute Gasteiger partial charge is 0.361 e. The van der Waals surface area contributed by atoms with E-state index in [1.54, 1.807) is 0 Å². The number of fused-ring (bicyclic) bond motifs is 1. The average molecular weight is 214 g/mol. The molecule has 2 aromatic rings. The molecule has 16 heavy (non-hydrogen) atoms. The van der Waals surface area contributed by atoms with Crippen molar-refractivity contribution >= 4 is 10.9 Å². The highest BCUT2D eigenvalue weighted by molar-refractivity contribution is 5.80. The summed E-state index contributed by atoms with van der Waals surface area (Å²) < 4.78 is 0. The first-order valence-electron chi connectivity index (χ1n) is 6.08. The molecule has 0 bridgehead atoms. The van der Waals surface area contributed by atoms with E-state index in [4.69, 9.17) is 0 Å². The van der Waals surface area contributed by atoms with Crippen LogP contribution in [0.2, 0.25) is 0 Å². The molecule has 0 radical (unpaired) electrons. The van der Waals surface area contributed by atoms with Crippen molar-refractivity contribution in [3.05, 3.63) is 36.0 Å². The number of nitrogens with one attached hydrogen (secondary N) is 1. The van der Waals surface area contributed by atoms with Crippen LogP contribution in [-0.4, -0.2) is 30.0 Å². The fourth-order valence-electron chi connectivity index (χ4n) is 2.67. The van der Waals surface area contributed by atoms with Crippen LogP contribution < -0.4 is 0 Å². The fraction of sp³-hybridized carbons (Fsp3) is 0.429. The summed E-state index contributed by atoms with van der Waals surface area (Å²) in [6.45, 7) is 2.46. The van der Waals surface area contributed by atoms with Gasteiger partial charge in [-0.3, -0.25) is 0 Å². The van der Waals surface area contributed by atoms with Crippen molar-refractivity contribution in [3.8, 4) is 0 Å². The summed E-state index contributed by atoms with van der Waals surface area (Å²) in [6.07, 6.45) is 4.61. The molecule has 3 rings (SSSR count). The van der Waals surface area contributed by atoms with E-state index < -0.39 is 0 Å². The smallest absolute Gasteiger partial charge is 0.0454 e. The van der Waals surface area contributed by atoms with Crippen molar-refractivity contribution in [2.45, 2.75) is 18.8 Å². The molecule has 1 aliphatic heterocycles. The third kappa shape index (κ3) is 1.74. The molecule has 1 aromatic heterocycles. The Kier molecular flexibility index (Phi) is 2.44. The van der Waals surface area contributed by atoms with Crippen molar-refractivity contribution in [1.29, 1.82) is 0 Å². The molecule has 2 nitrogen and oxygen atoms in total. The van der Waals surface area contributed by atoms with Gasteiger partial charge >= 0.3 is 0 Å². The molecule has 0 saturated carbocycles. The van der Waals surface area contributed by atoms with E-state index in [-0.39, 0.29) is 0 Å². The van der Waals surface area contributed by atoms with E-state index in [1.165, 1.54) is 42.4 Å². The zero-order valence-electron chi connectivity index (χ0n) is 9.74. The number of aromatic nitrogens is 1. The van der Waals surface area contributed by atoms with Gasteiger partial charge in [0.25, 0.3) is 0 Å². The number of likely N-dealkylation sites (tertiary alicyclic amines) is 1. The lowest BCUT2D eigenvalue weighted by Gasteiger charge is -2.29. The van der Waals surface area contributed by atoms with Crippen molar-refractivity contribution in [2.75, 3.05) is 20.1 Å². The number of hydrogen-bond acceptors (Lipinski definition) is 1. The molecule has 1 aromatic carbocycles. The first kappa shape index (κ1) is 9.91. The number of piperidine rings is 1. The Balaban J connectivity index is 1.87. The Morgan fingerprint density at radius 2 is 2.00 bits per heavy atom. The highest BCUT2D eigenvalue weighted by atomic mass is 15.1.